The minimum atomic E-state index is -0.210. The lowest BCUT2D eigenvalue weighted by Gasteiger charge is -2.08. The van der Waals surface area contributed by atoms with Gasteiger partial charge in [-0.25, -0.2) is 4.39 Å². The molecule has 1 aromatic heterocycles. The summed E-state index contributed by atoms with van der Waals surface area (Å²) in [5.74, 6) is -0.290. The van der Waals surface area contributed by atoms with Crippen molar-refractivity contribution < 1.29 is 9.18 Å². The number of aromatic nitrogens is 2. The van der Waals surface area contributed by atoms with Crippen molar-refractivity contribution in [2.75, 3.05) is 5.32 Å². The predicted octanol–water partition coefficient (Wildman–Crippen LogP) is 4.59. The Morgan fingerprint density at radius 2 is 1.60 bits per heavy atom. The lowest BCUT2D eigenvalue weighted by Crippen LogP contribution is -2.00. The van der Waals surface area contributed by atoms with Crippen molar-refractivity contribution in [3.8, 4) is 0 Å². The van der Waals surface area contributed by atoms with Gasteiger partial charge in [0.2, 0.25) is 0 Å². The number of ketones is 1. The number of H-pyrrole nitrogens is 1. The molecule has 0 aliphatic heterocycles. The second-order valence-corrected chi connectivity index (χ2v) is 6.08. The summed E-state index contributed by atoms with van der Waals surface area (Å²) in [5.41, 5.74) is 5.17. The fraction of sp³-hybridized carbons (Fsp3) is 0.200. The van der Waals surface area contributed by atoms with Gasteiger partial charge in [-0.2, -0.15) is 5.10 Å². The normalized spacial score (nSPS) is 10.7. The van der Waals surface area contributed by atoms with E-state index in [2.05, 4.69) is 27.6 Å². The number of hydrogen-bond donors (Lipinski definition) is 2. The van der Waals surface area contributed by atoms with E-state index < -0.39 is 0 Å². The molecule has 0 aliphatic carbocycles. The molecule has 3 aromatic rings. The number of anilines is 2. The summed E-state index contributed by atoms with van der Waals surface area (Å²) in [6.07, 6.45) is 1.75. The first-order chi connectivity index (χ1) is 12.0. The van der Waals surface area contributed by atoms with E-state index in [0.717, 1.165) is 29.8 Å². The van der Waals surface area contributed by atoms with Crippen LogP contribution < -0.4 is 5.32 Å². The minimum absolute atomic E-state index is 0.0808. The number of nitrogens with one attached hydrogen (secondary N) is 2. The standard InChI is InChI=1S/C20H20FN3O/c1-13-19(20(14(2)25)24-23-13)22-18-11-7-16(8-12-18)4-3-15-5-9-17(21)10-6-15/h5-12,22H,3-4H2,1-2H3,(H,23,24). The molecule has 0 amide bonds. The zero-order valence-electron chi connectivity index (χ0n) is 14.3. The second-order valence-electron chi connectivity index (χ2n) is 6.08. The molecule has 0 fully saturated rings. The summed E-state index contributed by atoms with van der Waals surface area (Å²) in [4.78, 5) is 11.6. The first-order valence-corrected chi connectivity index (χ1v) is 8.19. The van der Waals surface area contributed by atoms with Crippen LogP contribution in [-0.4, -0.2) is 16.0 Å². The van der Waals surface area contributed by atoms with E-state index in [1.165, 1.54) is 24.6 Å². The largest absolute Gasteiger partial charge is 0.352 e. The van der Waals surface area contributed by atoms with E-state index in [4.69, 9.17) is 0 Å². The smallest absolute Gasteiger partial charge is 0.182 e. The lowest BCUT2D eigenvalue weighted by atomic mass is 10.0. The molecule has 2 aromatic carbocycles. The molecule has 5 heteroatoms. The Hall–Kier alpha value is -2.95. The molecule has 1 heterocycles. The Morgan fingerprint density at radius 1 is 1.04 bits per heavy atom. The van der Waals surface area contributed by atoms with Crippen LogP contribution in [0.2, 0.25) is 0 Å². The molecular weight excluding hydrogens is 317 g/mol. The van der Waals surface area contributed by atoms with Crippen molar-refractivity contribution in [2.45, 2.75) is 26.7 Å². The van der Waals surface area contributed by atoms with E-state index >= 15 is 0 Å². The third-order valence-corrected chi connectivity index (χ3v) is 4.12. The Bertz CT molecular complexity index is 867. The maximum atomic E-state index is 12.9. The van der Waals surface area contributed by atoms with Crippen molar-refractivity contribution in [1.29, 1.82) is 0 Å². The number of nitrogens with zero attached hydrogens (tertiary/aromatic N) is 1. The first kappa shape index (κ1) is 16.9. The van der Waals surface area contributed by atoms with Crippen molar-refractivity contribution in [2.24, 2.45) is 0 Å². The number of hydrogen-bond acceptors (Lipinski definition) is 3. The van der Waals surface area contributed by atoms with Gasteiger partial charge in [0.15, 0.2) is 11.5 Å². The predicted molar refractivity (Wildman–Crippen MR) is 96.9 cm³/mol. The van der Waals surface area contributed by atoms with Crippen LogP contribution in [0.4, 0.5) is 15.8 Å². The van der Waals surface area contributed by atoms with E-state index in [9.17, 15) is 9.18 Å². The molecule has 25 heavy (non-hydrogen) atoms. The van der Waals surface area contributed by atoms with Gasteiger partial charge < -0.3 is 5.32 Å². The monoisotopic (exact) mass is 337 g/mol. The van der Waals surface area contributed by atoms with E-state index in [-0.39, 0.29) is 11.6 Å². The molecule has 0 saturated heterocycles. The molecule has 128 valence electrons. The highest BCUT2D eigenvalue weighted by atomic mass is 19.1. The van der Waals surface area contributed by atoms with E-state index in [0.29, 0.717) is 11.4 Å². The van der Waals surface area contributed by atoms with Crippen molar-refractivity contribution >= 4 is 17.2 Å². The molecule has 0 atom stereocenters. The summed E-state index contributed by atoms with van der Waals surface area (Å²) in [7, 11) is 0. The van der Waals surface area contributed by atoms with Gasteiger partial charge >= 0.3 is 0 Å². The summed E-state index contributed by atoms with van der Waals surface area (Å²) < 4.78 is 12.9. The number of aromatic amines is 1. The SMILES string of the molecule is CC(=O)c1n[nH]c(C)c1Nc1ccc(CCc2ccc(F)cc2)cc1. The highest BCUT2D eigenvalue weighted by molar-refractivity contribution is 5.98. The fourth-order valence-corrected chi connectivity index (χ4v) is 2.68. The number of carbonyl (C=O) groups is 1. The quantitative estimate of drug-likeness (QED) is 0.647. The Morgan fingerprint density at radius 3 is 2.16 bits per heavy atom. The second kappa shape index (κ2) is 7.30. The summed E-state index contributed by atoms with van der Waals surface area (Å²) >= 11 is 0. The Kier molecular flexibility index (Phi) is 4.93. The molecule has 0 radical (unpaired) electrons. The summed E-state index contributed by atoms with van der Waals surface area (Å²) in [5, 5.41) is 10.1. The molecule has 2 N–H and O–H groups in total. The highest BCUT2D eigenvalue weighted by Gasteiger charge is 2.14. The number of aryl methyl sites for hydroxylation is 3. The van der Waals surface area contributed by atoms with Crippen molar-refractivity contribution in [1.82, 2.24) is 10.2 Å². The van der Waals surface area contributed by atoms with Crippen molar-refractivity contribution in [3.63, 3.8) is 0 Å². The summed E-state index contributed by atoms with van der Waals surface area (Å²) in [6, 6.07) is 14.7. The molecule has 0 saturated carbocycles. The van der Waals surface area contributed by atoms with Gasteiger partial charge in [-0.15, -0.1) is 0 Å². The van der Waals surface area contributed by atoms with Crippen LogP contribution in [0, 0.1) is 12.7 Å². The zero-order valence-corrected chi connectivity index (χ0v) is 14.3. The molecule has 0 spiro atoms. The molecule has 0 aliphatic rings. The number of rotatable bonds is 6. The number of carbonyl (C=O) groups excluding carboxylic acids is 1. The van der Waals surface area contributed by atoms with Gasteiger partial charge in [0.25, 0.3) is 0 Å². The van der Waals surface area contributed by atoms with Gasteiger partial charge in [0.1, 0.15) is 5.82 Å². The maximum Gasteiger partial charge on any atom is 0.182 e. The topological polar surface area (TPSA) is 57.8 Å². The average molecular weight is 337 g/mol. The maximum absolute atomic E-state index is 12.9. The van der Waals surface area contributed by atoms with Crippen LogP contribution in [0.25, 0.3) is 0 Å². The molecule has 0 unspecified atom stereocenters. The van der Waals surface area contributed by atoms with E-state index in [1.807, 2.05) is 31.2 Å². The molecule has 4 nitrogen and oxygen atoms in total. The van der Waals surface area contributed by atoms with Gasteiger partial charge in [-0.1, -0.05) is 24.3 Å². The highest BCUT2D eigenvalue weighted by Crippen LogP contribution is 2.23. The third-order valence-electron chi connectivity index (χ3n) is 4.12. The van der Waals surface area contributed by atoms with Crippen LogP contribution >= 0.6 is 0 Å². The molecular formula is C20H20FN3O. The van der Waals surface area contributed by atoms with Gasteiger partial charge in [0, 0.05) is 12.6 Å². The first-order valence-electron chi connectivity index (χ1n) is 8.19. The van der Waals surface area contributed by atoms with Gasteiger partial charge in [-0.3, -0.25) is 9.89 Å². The van der Waals surface area contributed by atoms with Gasteiger partial charge in [0.05, 0.1) is 11.4 Å². The Balaban J connectivity index is 1.65. The lowest BCUT2D eigenvalue weighted by molar-refractivity contribution is 0.101. The van der Waals surface area contributed by atoms with Crippen LogP contribution in [0.5, 0.6) is 0 Å². The van der Waals surface area contributed by atoms with Crippen LogP contribution in [0.1, 0.15) is 34.2 Å². The fourth-order valence-electron chi connectivity index (χ4n) is 2.68. The van der Waals surface area contributed by atoms with Crippen LogP contribution in [0.15, 0.2) is 48.5 Å². The van der Waals surface area contributed by atoms with Gasteiger partial charge in [-0.05, 0) is 55.2 Å². The van der Waals surface area contributed by atoms with Crippen LogP contribution in [0.3, 0.4) is 0 Å². The summed E-state index contributed by atoms with van der Waals surface area (Å²) in [6.45, 7) is 3.37. The molecule has 0 bridgehead atoms. The number of Topliss-reactive ketones (excluding diaryl/α,β-unsaturated/α-hetero) is 1. The number of benzene rings is 2. The van der Waals surface area contributed by atoms with E-state index in [1.54, 1.807) is 0 Å². The van der Waals surface area contributed by atoms with Crippen molar-refractivity contribution in [3.05, 3.63) is 76.9 Å². The third kappa shape index (κ3) is 4.12. The van der Waals surface area contributed by atoms with Crippen LogP contribution in [-0.2, 0) is 12.8 Å². The minimum Gasteiger partial charge on any atom is -0.352 e. The zero-order chi connectivity index (χ0) is 17.8. The molecule has 3 rings (SSSR count). The average Bonchev–Trinajstić information content (AvgIpc) is 2.97. The number of halogens is 1. The Labute approximate surface area is 146 Å².